The molecule has 0 fully saturated rings. The Hall–Kier alpha value is -1.75. The second-order valence-electron chi connectivity index (χ2n) is 4.71. The molecule has 5 heteroatoms. The molecule has 1 unspecified atom stereocenters. The minimum atomic E-state index is 0.0694. The van der Waals surface area contributed by atoms with Crippen molar-refractivity contribution in [3.63, 3.8) is 0 Å². The van der Waals surface area contributed by atoms with E-state index < -0.39 is 0 Å². The van der Waals surface area contributed by atoms with Gasteiger partial charge < -0.3 is 9.73 Å². The third-order valence-electron chi connectivity index (χ3n) is 2.97. The molecule has 0 aromatic carbocycles. The van der Waals surface area contributed by atoms with Crippen molar-refractivity contribution in [2.75, 3.05) is 6.54 Å². The fourth-order valence-corrected chi connectivity index (χ4v) is 1.88. The zero-order valence-electron chi connectivity index (χ0n) is 11.9. The topological polar surface area (TPSA) is 63.8 Å². The molecule has 2 heterocycles. The van der Waals surface area contributed by atoms with Gasteiger partial charge in [-0.05, 0) is 45.9 Å². The lowest BCUT2D eigenvalue weighted by Gasteiger charge is -2.07. The molecule has 1 N–H and O–H groups in total. The van der Waals surface area contributed by atoms with Crippen LogP contribution in [0.25, 0.3) is 11.5 Å². The highest BCUT2D eigenvalue weighted by molar-refractivity contribution is 5.55. The quantitative estimate of drug-likeness (QED) is 0.895. The fourth-order valence-electron chi connectivity index (χ4n) is 1.88. The van der Waals surface area contributed by atoms with Crippen molar-refractivity contribution >= 4 is 0 Å². The van der Waals surface area contributed by atoms with Gasteiger partial charge in [-0.2, -0.15) is 0 Å². The lowest BCUT2D eigenvalue weighted by atomic mass is 10.2. The van der Waals surface area contributed by atoms with E-state index in [1.165, 1.54) is 0 Å². The number of nitrogens with zero attached hydrogens (tertiary/aromatic N) is 3. The highest BCUT2D eigenvalue weighted by Gasteiger charge is 2.15. The van der Waals surface area contributed by atoms with Gasteiger partial charge in [0, 0.05) is 5.69 Å². The molecule has 1 atom stereocenters. The average molecular weight is 260 g/mol. The normalized spacial score (nSPS) is 12.6. The third kappa shape index (κ3) is 3.17. The van der Waals surface area contributed by atoms with Crippen LogP contribution in [0.3, 0.4) is 0 Å². The monoisotopic (exact) mass is 260 g/mol. The van der Waals surface area contributed by atoms with Crippen LogP contribution in [0, 0.1) is 13.8 Å². The summed E-state index contributed by atoms with van der Waals surface area (Å²) in [5.74, 6) is 1.15. The van der Waals surface area contributed by atoms with Gasteiger partial charge in [0.15, 0.2) is 0 Å². The molecule has 0 bridgehead atoms. The van der Waals surface area contributed by atoms with E-state index in [9.17, 15) is 0 Å². The van der Waals surface area contributed by atoms with Crippen molar-refractivity contribution in [3.05, 3.63) is 29.4 Å². The van der Waals surface area contributed by atoms with E-state index in [4.69, 9.17) is 4.42 Å². The van der Waals surface area contributed by atoms with Gasteiger partial charge in [-0.15, -0.1) is 10.2 Å². The summed E-state index contributed by atoms with van der Waals surface area (Å²) in [4.78, 5) is 4.41. The van der Waals surface area contributed by atoms with Crippen LogP contribution in [0.5, 0.6) is 0 Å². The van der Waals surface area contributed by atoms with Crippen LogP contribution in [0.2, 0.25) is 0 Å². The van der Waals surface area contributed by atoms with Crippen molar-refractivity contribution < 1.29 is 4.42 Å². The van der Waals surface area contributed by atoms with Crippen LogP contribution >= 0.6 is 0 Å². The van der Waals surface area contributed by atoms with E-state index in [0.29, 0.717) is 11.8 Å². The molecule has 2 rings (SSSR count). The Kier molecular flexibility index (Phi) is 4.27. The maximum Gasteiger partial charge on any atom is 0.249 e. The summed E-state index contributed by atoms with van der Waals surface area (Å²) in [5.41, 5.74) is 2.79. The Morgan fingerprint density at radius 3 is 2.74 bits per heavy atom. The number of aromatic nitrogens is 3. The molecule has 0 aliphatic heterocycles. The molecule has 0 radical (unpaired) electrons. The summed E-state index contributed by atoms with van der Waals surface area (Å²) in [7, 11) is 0. The number of aryl methyl sites for hydroxylation is 2. The first-order valence-electron chi connectivity index (χ1n) is 6.63. The molecule has 2 aromatic rings. The number of hydrogen-bond donors (Lipinski definition) is 1. The van der Waals surface area contributed by atoms with Gasteiger partial charge in [-0.1, -0.05) is 6.92 Å². The van der Waals surface area contributed by atoms with E-state index in [1.54, 1.807) is 0 Å². The van der Waals surface area contributed by atoms with Crippen molar-refractivity contribution in [3.8, 4) is 11.5 Å². The first-order chi connectivity index (χ1) is 9.11. The maximum atomic E-state index is 5.72. The summed E-state index contributed by atoms with van der Waals surface area (Å²) in [6.07, 6.45) is 1.08. The lowest BCUT2D eigenvalue weighted by molar-refractivity contribution is 0.423. The molecule has 102 valence electrons. The predicted octanol–water partition coefficient (Wildman–Crippen LogP) is 2.81. The van der Waals surface area contributed by atoms with Crippen molar-refractivity contribution in [2.45, 2.75) is 40.2 Å². The zero-order chi connectivity index (χ0) is 13.8. The highest BCUT2D eigenvalue weighted by atomic mass is 16.4. The van der Waals surface area contributed by atoms with Gasteiger partial charge in [0.25, 0.3) is 0 Å². The number of pyridine rings is 1. The molecule has 0 aliphatic rings. The van der Waals surface area contributed by atoms with E-state index in [1.807, 2.05) is 32.9 Å². The molecule has 0 saturated carbocycles. The Bertz CT molecular complexity index is 550. The first kappa shape index (κ1) is 13.7. The smallest absolute Gasteiger partial charge is 0.249 e. The largest absolute Gasteiger partial charge is 0.419 e. The highest BCUT2D eigenvalue weighted by Crippen LogP contribution is 2.22. The zero-order valence-corrected chi connectivity index (χ0v) is 11.9. The van der Waals surface area contributed by atoms with Crippen LogP contribution in [0.15, 0.2) is 16.5 Å². The molecule has 0 amide bonds. The number of nitrogens with one attached hydrogen (secondary N) is 1. The SMILES string of the molecule is CCCNC(C)c1nnc(-c2ccc(C)nc2C)o1. The summed E-state index contributed by atoms with van der Waals surface area (Å²) in [5, 5.41) is 11.5. The molecule has 5 nitrogen and oxygen atoms in total. The summed E-state index contributed by atoms with van der Waals surface area (Å²) < 4.78 is 5.72. The second kappa shape index (κ2) is 5.93. The predicted molar refractivity (Wildman–Crippen MR) is 73.7 cm³/mol. The second-order valence-corrected chi connectivity index (χ2v) is 4.71. The molecule has 0 saturated heterocycles. The van der Waals surface area contributed by atoms with E-state index in [-0.39, 0.29) is 6.04 Å². The van der Waals surface area contributed by atoms with Crippen LogP contribution in [0.4, 0.5) is 0 Å². The van der Waals surface area contributed by atoms with Crippen molar-refractivity contribution in [1.82, 2.24) is 20.5 Å². The van der Waals surface area contributed by atoms with Crippen LogP contribution in [-0.2, 0) is 0 Å². The molecule has 0 aliphatic carbocycles. The number of hydrogen-bond acceptors (Lipinski definition) is 5. The molecule has 2 aromatic heterocycles. The van der Waals surface area contributed by atoms with Crippen molar-refractivity contribution in [2.24, 2.45) is 0 Å². The minimum Gasteiger partial charge on any atom is -0.419 e. The summed E-state index contributed by atoms with van der Waals surface area (Å²) in [6, 6.07) is 3.99. The Morgan fingerprint density at radius 2 is 2.05 bits per heavy atom. The van der Waals surface area contributed by atoms with E-state index in [0.717, 1.165) is 29.9 Å². The Morgan fingerprint density at radius 1 is 1.26 bits per heavy atom. The molecular weight excluding hydrogens is 240 g/mol. The van der Waals surface area contributed by atoms with Gasteiger partial charge in [-0.3, -0.25) is 4.98 Å². The van der Waals surface area contributed by atoms with Gasteiger partial charge in [-0.25, -0.2) is 0 Å². The summed E-state index contributed by atoms with van der Waals surface area (Å²) >= 11 is 0. The van der Waals surface area contributed by atoms with Gasteiger partial charge in [0.2, 0.25) is 11.8 Å². The van der Waals surface area contributed by atoms with Crippen LogP contribution in [-0.4, -0.2) is 21.7 Å². The third-order valence-corrected chi connectivity index (χ3v) is 2.97. The van der Waals surface area contributed by atoms with Gasteiger partial charge in [0.05, 0.1) is 17.3 Å². The fraction of sp³-hybridized carbons (Fsp3) is 0.500. The average Bonchev–Trinajstić information content (AvgIpc) is 2.85. The lowest BCUT2D eigenvalue weighted by Crippen LogP contribution is -2.19. The minimum absolute atomic E-state index is 0.0694. The molecular formula is C14H20N4O. The van der Waals surface area contributed by atoms with Crippen molar-refractivity contribution in [1.29, 1.82) is 0 Å². The molecule has 0 spiro atoms. The summed E-state index contributed by atoms with van der Waals surface area (Å²) in [6.45, 7) is 9.00. The Balaban J connectivity index is 2.20. The Labute approximate surface area is 113 Å². The van der Waals surface area contributed by atoms with E-state index in [2.05, 4.69) is 27.4 Å². The van der Waals surface area contributed by atoms with E-state index >= 15 is 0 Å². The van der Waals surface area contributed by atoms with Gasteiger partial charge >= 0.3 is 0 Å². The van der Waals surface area contributed by atoms with Crippen LogP contribution in [0.1, 0.15) is 43.6 Å². The van der Waals surface area contributed by atoms with Crippen LogP contribution < -0.4 is 5.32 Å². The first-order valence-corrected chi connectivity index (χ1v) is 6.63. The standard InChI is InChI=1S/C14H20N4O/c1-5-8-15-11(4)13-17-18-14(19-13)12-7-6-9(2)16-10(12)3/h6-7,11,15H,5,8H2,1-4H3. The molecule has 19 heavy (non-hydrogen) atoms. The van der Waals surface area contributed by atoms with Gasteiger partial charge in [0.1, 0.15) is 0 Å². The number of rotatable bonds is 5. The maximum absolute atomic E-state index is 5.72.